The van der Waals surface area contributed by atoms with Crippen LogP contribution in [0.2, 0.25) is 0 Å². The van der Waals surface area contributed by atoms with Crippen molar-refractivity contribution in [3.8, 4) is 0 Å². The van der Waals surface area contributed by atoms with Gasteiger partial charge in [-0.2, -0.15) is 8.42 Å². The summed E-state index contributed by atoms with van der Waals surface area (Å²) in [6.45, 7) is 7.94. The molecular formula is C28H31N4O2PS. The summed E-state index contributed by atoms with van der Waals surface area (Å²) in [5.74, 6) is 0. The van der Waals surface area contributed by atoms with Crippen LogP contribution in [0.15, 0.2) is 106 Å². The minimum absolute atomic E-state index is 0.139. The lowest BCUT2D eigenvalue weighted by molar-refractivity contribution is 0.598. The average Bonchev–Trinajstić information content (AvgIpc) is 2.84. The Labute approximate surface area is 214 Å². The van der Waals surface area contributed by atoms with E-state index in [0.29, 0.717) is 0 Å². The molecule has 0 fully saturated rings. The molecule has 36 heavy (non-hydrogen) atoms. The summed E-state index contributed by atoms with van der Waals surface area (Å²) < 4.78 is 31.8. The van der Waals surface area contributed by atoms with Crippen LogP contribution in [-0.2, 0) is 10.0 Å². The third kappa shape index (κ3) is 6.56. The molecule has 3 N–H and O–H groups in total. The predicted octanol–water partition coefficient (Wildman–Crippen LogP) is 7.89. The van der Waals surface area contributed by atoms with Crippen LogP contribution in [0.3, 0.4) is 0 Å². The number of nitrogens with zero attached hydrogens (tertiary/aromatic N) is 1. The van der Waals surface area contributed by atoms with Gasteiger partial charge in [-0.15, -0.1) is 4.15 Å². The molecule has 8 heteroatoms. The number of benzene rings is 4. The van der Waals surface area contributed by atoms with Gasteiger partial charge in [-0.05, 0) is 76.2 Å². The Morgan fingerprint density at radius 1 is 0.500 bits per heavy atom. The molecule has 0 unspecified atom stereocenters. The van der Waals surface area contributed by atoms with Crippen LogP contribution in [-0.4, -0.2) is 8.42 Å². The quantitative estimate of drug-likeness (QED) is 0.207. The Kier molecular flexibility index (Phi) is 7.53. The molecule has 186 valence electrons. The van der Waals surface area contributed by atoms with Crippen molar-refractivity contribution in [3.63, 3.8) is 0 Å². The van der Waals surface area contributed by atoms with E-state index in [-0.39, 0.29) is 4.90 Å². The maximum atomic E-state index is 13.6. The van der Waals surface area contributed by atoms with Crippen molar-refractivity contribution in [1.82, 2.24) is 0 Å². The number of hydrogen-bond acceptors (Lipinski definition) is 2. The van der Waals surface area contributed by atoms with Crippen LogP contribution in [0, 0.1) is 27.7 Å². The maximum absolute atomic E-state index is 13.6. The Morgan fingerprint density at radius 3 is 1.08 bits per heavy atom. The number of aryl methyl sites for hydroxylation is 4. The second-order valence-electron chi connectivity index (χ2n) is 8.94. The summed E-state index contributed by atoms with van der Waals surface area (Å²) in [7, 11) is -7.25. The van der Waals surface area contributed by atoms with E-state index in [9.17, 15) is 8.42 Å². The van der Waals surface area contributed by atoms with E-state index in [0.717, 1.165) is 39.3 Å². The highest BCUT2D eigenvalue weighted by atomic mass is 32.2. The number of sulfonamides is 1. The van der Waals surface area contributed by atoms with Crippen molar-refractivity contribution in [3.05, 3.63) is 119 Å². The summed E-state index contributed by atoms with van der Waals surface area (Å²) in [5.41, 5.74) is 6.52. The van der Waals surface area contributed by atoms with Crippen LogP contribution < -0.4 is 15.3 Å². The fourth-order valence-electron chi connectivity index (χ4n) is 3.51. The van der Waals surface area contributed by atoms with E-state index < -0.39 is 17.5 Å². The first-order valence-electron chi connectivity index (χ1n) is 11.6. The average molecular weight is 519 g/mol. The van der Waals surface area contributed by atoms with Gasteiger partial charge in [-0.3, -0.25) is 0 Å². The molecule has 4 rings (SSSR count). The second-order valence-corrected chi connectivity index (χ2v) is 13.0. The van der Waals surface area contributed by atoms with Crippen molar-refractivity contribution in [2.75, 3.05) is 15.3 Å². The van der Waals surface area contributed by atoms with Gasteiger partial charge in [0.05, 0.1) is 4.90 Å². The first-order valence-corrected chi connectivity index (χ1v) is 14.8. The van der Waals surface area contributed by atoms with Gasteiger partial charge in [-0.1, -0.05) is 70.8 Å². The predicted molar refractivity (Wildman–Crippen MR) is 152 cm³/mol. The van der Waals surface area contributed by atoms with Gasteiger partial charge in [0.2, 0.25) is 0 Å². The molecule has 4 aromatic rings. The van der Waals surface area contributed by atoms with Crippen LogP contribution >= 0.6 is 7.51 Å². The highest BCUT2D eigenvalue weighted by Gasteiger charge is 2.26. The molecule has 0 spiro atoms. The van der Waals surface area contributed by atoms with Crippen molar-refractivity contribution < 1.29 is 8.42 Å². The lowest BCUT2D eigenvalue weighted by Gasteiger charge is -2.29. The topological polar surface area (TPSA) is 82.6 Å². The van der Waals surface area contributed by atoms with Crippen molar-refractivity contribution in [2.45, 2.75) is 32.6 Å². The summed E-state index contributed by atoms with van der Waals surface area (Å²) >= 11 is 0. The molecule has 4 aromatic carbocycles. The van der Waals surface area contributed by atoms with Crippen molar-refractivity contribution in [2.24, 2.45) is 4.15 Å². The molecule has 0 amide bonds. The van der Waals surface area contributed by atoms with Crippen LogP contribution in [0.1, 0.15) is 22.3 Å². The molecule has 0 aliphatic heterocycles. The van der Waals surface area contributed by atoms with Gasteiger partial charge in [0, 0.05) is 17.1 Å². The fourth-order valence-corrected chi connectivity index (χ4v) is 7.88. The SMILES string of the molecule is Cc1ccc(NP(=NS(=O)(=O)c2ccc(C)cc2)(Nc2ccc(C)cc2)Nc2ccc(C)cc2)cc1. The third-order valence-electron chi connectivity index (χ3n) is 5.58. The van der Waals surface area contributed by atoms with Gasteiger partial charge >= 0.3 is 0 Å². The molecule has 6 nitrogen and oxygen atoms in total. The number of nitrogens with one attached hydrogen (secondary N) is 3. The zero-order chi connectivity index (χ0) is 25.8. The third-order valence-corrected chi connectivity index (χ3v) is 10.0. The molecule has 0 heterocycles. The van der Waals surface area contributed by atoms with Gasteiger partial charge < -0.3 is 15.3 Å². The second kappa shape index (κ2) is 10.6. The van der Waals surface area contributed by atoms with Gasteiger partial charge in [-0.25, -0.2) is 0 Å². The lowest BCUT2D eigenvalue weighted by atomic mass is 10.2. The Bertz CT molecular complexity index is 1360. The normalized spacial score (nSPS) is 11.6. The molecular weight excluding hydrogens is 487 g/mol. The first kappa shape index (κ1) is 25.5. The maximum Gasteiger partial charge on any atom is 0.285 e. The summed E-state index contributed by atoms with van der Waals surface area (Å²) in [5, 5.41) is 10.3. The van der Waals surface area contributed by atoms with Crippen LogP contribution in [0.5, 0.6) is 0 Å². The standard InChI is InChI=1S/C28H31N4O2PS/c1-21-5-13-25(14-6-21)29-35(30-26-15-7-22(2)8-16-26,31-27-17-9-23(3)10-18-27)32-36(33,34)28-19-11-24(4)12-20-28/h5-20,29-31H,1-4H3. The molecule has 0 aliphatic rings. The Hall–Kier alpha value is -3.54. The fraction of sp³-hybridized carbons (Fsp3) is 0.143. The molecule has 0 atom stereocenters. The van der Waals surface area contributed by atoms with Crippen LogP contribution in [0.25, 0.3) is 0 Å². The number of anilines is 3. The monoisotopic (exact) mass is 518 g/mol. The van der Waals surface area contributed by atoms with Crippen LogP contribution in [0.4, 0.5) is 17.1 Å². The minimum Gasteiger partial charge on any atom is -0.319 e. The molecule has 0 aliphatic carbocycles. The van der Waals surface area contributed by atoms with Gasteiger partial charge in [0.15, 0.2) is 0 Å². The van der Waals surface area contributed by atoms with E-state index in [1.807, 2.05) is 100 Å². The van der Waals surface area contributed by atoms with E-state index >= 15 is 0 Å². The summed E-state index contributed by atoms with van der Waals surface area (Å²) in [4.78, 5) is 0.139. The lowest BCUT2D eigenvalue weighted by Crippen LogP contribution is -2.16. The summed E-state index contributed by atoms with van der Waals surface area (Å²) in [6.07, 6.45) is 0. The van der Waals surface area contributed by atoms with Crippen molar-refractivity contribution in [1.29, 1.82) is 0 Å². The van der Waals surface area contributed by atoms with E-state index in [1.54, 1.807) is 24.3 Å². The zero-order valence-corrected chi connectivity index (χ0v) is 22.6. The smallest absolute Gasteiger partial charge is 0.285 e. The van der Waals surface area contributed by atoms with Crippen molar-refractivity contribution >= 4 is 34.6 Å². The largest absolute Gasteiger partial charge is 0.319 e. The number of rotatable bonds is 8. The molecule has 0 radical (unpaired) electrons. The first-order chi connectivity index (χ1) is 17.1. The minimum atomic E-state index is -4.03. The van der Waals surface area contributed by atoms with E-state index in [1.165, 1.54) is 0 Å². The molecule has 0 bridgehead atoms. The van der Waals surface area contributed by atoms with E-state index in [2.05, 4.69) is 19.4 Å². The highest BCUT2D eigenvalue weighted by Crippen LogP contribution is 2.50. The van der Waals surface area contributed by atoms with Gasteiger partial charge in [0.25, 0.3) is 17.5 Å². The molecule has 0 aromatic heterocycles. The van der Waals surface area contributed by atoms with Gasteiger partial charge in [0.1, 0.15) is 0 Å². The zero-order valence-electron chi connectivity index (χ0n) is 20.9. The summed E-state index contributed by atoms with van der Waals surface area (Å²) in [6, 6.07) is 30.1. The Balaban J connectivity index is 1.91. The molecule has 0 saturated carbocycles. The Morgan fingerprint density at radius 2 is 0.778 bits per heavy atom. The van der Waals surface area contributed by atoms with E-state index in [4.69, 9.17) is 0 Å². The highest BCUT2D eigenvalue weighted by molar-refractivity contribution is 7.95. The number of hydrogen-bond donors (Lipinski definition) is 3. The molecule has 0 saturated heterocycles.